The third-order valence-electron chi connectivity index (χ3n) is 2.81. The Bertz CT molecular complexity index is 652. The average molecular weight is 323 g/mol. The summed E-state index contributed by atoms with van der Waals surface area (Å²) in [5.41, 5.74) is 1.62. The van der Waals surface area contributed by atoms with Gasteiger partial charge in [-0.15, -0.1) is 0 Å². The van der Waals surface area contributed by atoms with E-state index in [2.05, 4.69) is 10.5 Å². The largest absolute Gasteiger partial charge is 0.450 e. The van der Waals surface area contributed by atoms with Crippen molar-refractivity contribution in [1.29, 1.82) is 0 Å². The smallest absolute Gasteiger partial charge is 0.377 e. The maximum atomic E-state index is 11.6. The lowest BCUT2D eigenvalue weighted by Crippen LogP contribution is -2.30. The highest BCUT2D eigenvalue weighted by atomic mass is 35.5. The number of aromatic nitrogens is 1. The SMILES string of the molecule is Cc1cc(C(=O)OCC(=O)NCCc2ccc(Cl)cc2)on1. The Morgan fingerprint density at radius 1 is 1.32 bits per heavy atom. The normalized spacial score (nSPS) is 10.3. The predicted molar refractivity (Wildman–Crippen MR) is 79.7 cm³/mol. The molecule has 0 radical (unpaired) electrons. The van der Waals surface area contributed by atoms with Crippen LogP contribution in [0.2, 0.25) is 5.02 Å². The van der Waals surface area contributed by atoms with Crippen molar-refractivity contribution in [1.82, 2.24) is 10.5 Å². The van der Waals surface area contributed by atoms with Gasteiger partial charge in [0.2, 0.25) is 5.76 Å². The van der Waals surface area contributed by atoms with Gasteiger partial charge < -0.3 is 14.6 Å². The van der Waals surface area contributed by atoms with Gasteiger partial charge in [-0.25, -0.2) is 4.79 Å². The van der Waals surface area contributed by atoms with E-state index in [4.69, 9.17) is 20.9 Å². The van der Waals surface area contributed by atoms with Gasteiger partial charge >= 0.3 is 5.97 Å². The zero-order valence-corrected chi connectivity index (χ0v) is 12.7. The van der Waals surface area contributed by atoms with Crippen molar-refractivity contribution in [2.75, 3.05) is 13.2 Å². The van der Waals surface area contributed by atoms with E-state index in [9.17, 15) is 9.59 Å². The molecule has 0 saturated carbocycles. The molecule has 1 aromatic heterocycles. The summed E-state index contributed by atoms with van der Waals surface area (Å²) in [5.74, 6) is -1.11. The molecule has 1 amide bonds. The van der Waals surface area contributed by atoms with E-state index < -0.39 is 5.97 Å². The molecule has 22 heavy (non-hydrogen) atoms. The lowest BCUT2D eigenvalue weighted by molar-refractivity contribution is -0.124. The van der Waals surface area contributed by atoms with Gasteiger partial charge in [-0.1, -0.05) is 28.9 Å². The van der Waals surface area contributed by atoms with Crippen molar-refractivity contribution < 1.29 is 18.8 Å². The highest BCUT2D eigenvalue weighted by Gasteiger charge is 2.14. The third kappa shape index (κ3) is 4.89. The first-order chi connectivity index (χ1) is 10.5. The Morgan fingerprint density at radius 3 is 2.68 bits per heavy atom. The molecule has 1 N–H and O–H groups in total. The van der Waals surface area contributed by atoms with Crippen LogP contribution in [0.5, 0.6) is 0 Å². The number of halogens is 1. The number of hydrogen-bond donors (Lipinski definition) is 1. The van der Waals surface area contributed by atoms with Gasteiger partial charge in [0.15, 0.2) is 6.61 Å². The van der Waals surface area contributed by atoms with Crippen LogP contribution in [-0.4, -0.2) is 30.2 Å². The molecule has 0 spiro atoms. The molecule has 2 rings (SSSR count). The van der Waals surface area contributed by atoms with Crippen LogP contribution in [0, 0.1) is 6.92 Å². The molecule has 0 saturated heterocycles. The molecule has 2 aromatic rings. The molecule has 1 aromatic carbocycles. The van der Waals surface area contributed by atoms with Crippen LogP contribution < -0.4 is 5.32 Å². The maximum Gasteiger partial charge on any atom is 0.377 e. The van der Waals surface area contributed by atoms with Crippen molar-refractivity contribution in [2.45, 2.75) is 13.3 Å². The second kappa shape index (κ2) is 7.61. The Labute approximate surface area is 132 Å². The minimum atomic E-state index is -0.714. The fourth-order valence-electron chi connectivity index (χ4n) is 1.71. The highest BCUT2D eigenvalue weighted by molar-refractivity contribution is 6.30. The number of nitrogens with zero attached hydrogens (tertiary/aromatic N) is 1. The van der Waals surface area contributed by atoms with Crippen LogP contribution in [0.4, 0.5) is 0 Å². The van der Waals surface area contributed by atoms with E-state index in [1.165, 1.54) is 6.07 Å². The van der Waals surface area contributed by atoms with Gasteiger partial charge in [-0.05, 0) is 31.0 Å². The Balaban J connectivity index is 1.67. The summed E-state index contributed by atoms with van der Waals surface area (Å²) in [4.78, 5) is 23.1. The second-order valence-electron chi connectivity index (χ2n) is 4.64. The number of ether oxygens (including phenoxy) is 1. The summed E-state index contributed by atoms with van der Waals surface area (Å²) < 4.78 is 9.56. The topological polar surface area (TPSA) is 81.4 Å². The summed E-state index contributed by atoms with van der Waals surface area (Å²) in [7, 11) is 0. The molecule has 0 aliphatic heterocycles. The number of rotatable bonds is 6. The van der Waals surface area contributed by atoms with Gasteiger partial charge in [0.05, 0.1) is 5.69 Å². The Hall–Kier alpha value is -2.34. The van der Waals surface area contributed by atoms with Crippen LogP contribution in [0.1, 0.15) is 21.8 Å². The standard InChI is InChI=1S/C15H15ClN2O4/c1-10-8-13(22-18-10)15(20)21-9-14(19)17-7-6-11-2-4-12(16)5-3-11/h2-5,8H,6-7,9H2,1H3,(H,17,19). The Kier molecular flexibility index (Phi) is 5.55. The first kappa shape index (κ1) is 16.0. The van der Waals surface area contributed by atoms with Crippen LogP contribution >= 0.6 is 11.6 Å². The number of carbonyl (C=O) groups excluding carboxylic acids is 2. The lowest BCUT2D eigenvalue weighted by atomic mass is 10.1. The van der Waals surface area contributed by atoms with Gasteiger partial charge in [0.25, 0.3) is 5.91 Å². The summed E-state index contributed by atoms with van der Waals surface area (Å²) in [6, 6.07) is 8.81. The molecule has 0 atom stereocenters. The van der Waals surface area contributed by atoms with Crippen LogP contribution in [0.15, 0.2) is 34.9 Å². The number of amides is 1. The summed E-state index contributed by atoms with van der Waals surface area (Å²) in [6.45, 7) is 1.77. The molecular weight excluding hydrogens is 308 g/mol. The predicted octanol–water partition coefficient (Wildman–Crippen LogP) is 2.15. The zero-order valence-electron chi connectivity index (χ0n) is 12.0. The molecule has 0 unspecified atom stereocenters. The molecule has 0 aliphatic carbocycles. The van der Waals surface area contributed by atoms with Crippen LogP contribution in [0.3, 0.4) is 0 Å². The van der Waals surface area contributed by atoms with Crippen LogP contribution in [-0.2, 0) is 16.0 Å². The van der Waals surface area contributed by atoms with Gasteiger partial charge in [0, 0.05) is 17.6 Å². The number of esters is 1. The highest BCUT2D eigenvalue weighted by Crippen LogP contribution is 2.09. The van der Waals surface area contributed by atoms with E-state index in [1.54, 1.807) is 19.1 Å². The molecule has 7 heteroatoms. The van der Waals surface area contributed by atoms with Crippen LogP contribution in [0.25, 0.3) is 0 Å². The van der Waals surface area contributed by atoms with Crippen molar-refractivity contribution in [3.8, 4) is 0 Å². The zero-order chi connectivity index (χ0) is 15.9. The van der Waals surface area contributed by atoms with Crippen molar-refractivity contribution in [3.63, 3.8) is 0 Å². The van der Waals surface area contributed by atoms with E-state index in [-0.39, 0.29) is 18.3 Å². The summed E-state index contributed by atoms with van der Waals surface area (Å²) in [6.07, 6.45) is 0.665. The minimum absolute atomic E-state index is 0.0218. The molecule has 1 heterocycles. The van der Waals surface area contributed by atoms with Gasteiger partial charge in [-0.2, -0.15) is 0 Å². The monoisotopic (exact) mass is 322 g/mol. The first-order valence-electron chi connectivity index (χ1n) is 6.66. The minimum Gasteiger partial charge on any atom is -0.450 e. The number of carbonyl (C=O) groups is 2. The molecule has 0 aliphatic rings. The second-order valence-corrected chi connectivity index (χ2v) is 5.07. The number of hydrogen-bond acceptors (Lipinski definition) is 5. The number of benzene rings is 1. The molecule has 6 nitrogen and oxygen atoms in total. The number of aryl methyl sites for hydroxylation is 1. The van der Waals surface area contributed by atoms with Crippen molar-refractivity contribution in [3.05, 3.63) is 52.4 Å². The van der Waals surface area contributed by atoms with Gasteiger partial charge in [0.1, 0.15) is 0 Å². The molecule has 0 fully saturated rings. The fourth-order valence-corrected chi connectivity index (χ4v) is 1.84. The summed E-state index contributed by atoms with van der Waals surface area (Å²) in [5, 5.41) is 6.90. The van der Waals surface area contributed by atoms with E-state index in [1.807, 2.05) is 12.1 Å². The quantitative estimate of drug-likeness (QED) is 0.824. The fraction of sp³-hybridized carbons (Fsp3) is 0.267. The average Bonchev–Trinajstić information content (AvgIpc) is 2.93. The third-order valence-corrected chi connectivity index (χ3v) is 3.06. The van der Waals surface area contributed by atoms with Crippen molar-refractivity contribution >= 4 is 23.5 Å². The lowest BCUT2D eigenvalue weighted by Gasteiger charge is -2.05. The van der Waals surface area contributed by atoms with E-state index in [0.717, 1.165) is 5.56 Å². The molecule has 116 valence electrons. The first-order valence-corrected chi connectivity index (χ1v) is 7.04. The van der Waals surface area contributed by atoms with E-state index >= 15 is 0 Å². The maximum absolute atomic E-state index is 11.6. The summed E-state index contributed by atoms with van der Waals surface area (Å²) >= 11 is 5.79. The van der Waals surface area contributed by atoms with E-state index in [0.29, 0.717) is 23.7 Å². The van der Waals surface area contributed by atoms with Crippen molar-refractivity contribution in [2.24, 2.45) is 0 Å². The number of nitrogens with one attached hydrogen (secondary N) is 1. The molecule has 0 bridgehead atoms. The molecular formula is C15H15ClN2O4. The Morgan fingerprint density at radius 2 is 2.05 bits per heavy atom. The van der Waals surface area contributed by atoms with Gasteiger partial charge in [-0.3, -0.25) is 4.79 Å².